The second-order valence-electron chi connectivity index (χ2n) is 8.24. The third-order valence-corrected chi connectivity index (χ3v) is 5.90. The lowest BCUT2D eigenvalue weighted by molar-refractivity contribution is 0.0746. The lowest BCUT2D eigenvalue weighted by Gasteiger charge is -2.35. The standard InChI is InChI=1S/C21H23FN6O2/c1-13-16(17-18(26-21(2)5-6-21)24-12-25-19(17)30-13)20(29)28-9-7-27(8-10-28)15-4-3-14(22)11-23-15/h3-4,11-12H,5-10H2,1-2H3,(H,24,25,26). The fourth-order valence-corrected chi connectivity index (χ4v) is 3.85. The van der Waals surface area contributed by atoms with Gasteiger partial charge in [0.2, 0.25) is 5.71 Å². The number of rotatable bonds is 4. The molecule has 8 nitrogen and oxygen atoms in total. The number of hydrogen-bond donors (Lipinski definition) is 1. The highest BCUT2D eigenvalue weighted by Crippen LogP contribution is 2.40. The molecule has 30 heavy (non-hydrogen) atoms. The summed E-state index contributed by atoms with van der Waals surface area (Å²) < 4.78 is 18.9. The van der Waals surface area contributed by atoms with Gasteiger partial charge in [0.15, 0.2) is 0 Å². The van der Waals surface area contributed by atoms with Crippen molar-refractivity contribution in [3.8, 4) is 0 Å². The molecule has 0 radical (unpaired) electrons. The van der Waals surface area contributed by atoms with Crippen molar-refractivity contribution in [2.75, 3.05) is 36.4 Å². The van der Waals surface area contributed by atoms with Crippen LogP contribution in [0.3, 0.4) is 0 Å². The third kappa shape index (κ3) is 3.34. The molecule has 0 spiro atoms. The number of amides is 1. The van der Waals surface area contributed by atoms with Crippen molar-refractivity contribution in [3.05, 3.63) is 41.8 Å². The van der Waals surface area contributed by atoms with E-state index in [-0.39, 0.29) is 17.3 Å². The first-order valence-electron chi connectivity index (χ1n) is 10.1. The van der Waals surface area contributed by atoms with E-state index in [4.69, 9.17) is 4.42 Å². The molecule has 1 saturated heterocycles. The molecule has 3 aromatic heterocycles. The summed E-state index contributed by atoms with van der Waals surface area (Å²) in [6.45, 7) is 6.25. The van der Waals surface area contributed by atoms with Crippen molar-refractivity contribution in [1.29, 1.82) is 0 Å². The van der Waals surface area contributed by atoms with Gasteiger partial charge in [-0.15, -0.1) is 0 Å². The predicted molar refractivity (Wildman–Crippen MR) is 110 cm³/mol. The number of fused-ring (bicyclic) bond motifs is 1. The molecular formula is C21H23FN6O2. The lowest BCUT2D eigenvalue weighted by Crippen LogP contribution is -2.49. The maximum atomic E-state index is 13.4. The fraction of sp³-hybridized carbons (Fsp3) is 0.429. The molecular weight excluding hydrogens is 387 g/mol. The molecule has 0 unspecified atom stereocenters. The Morgan fingerprint density at radius 3 is 2.60 bits per heavy atom. The number of aromatic nitrogens is 3. The van der Waals surface area contributed by atoms with Gasteiger partial charge in [-0.2, -0.15) is 0 Å². The SMILES string of the molecule is Cc1oc2ncnc(NC3(C)CC3)c2c1C(=O)N1CCN(c2ccc(F)cn2)CC1. The number of carbonyl (C=O) groups excluding carboxylic acids is 1. The van der Waals surface area contributed by atoms with Crippen molar-refractivity contribution in [3.63, 3.8) is 0 Å². The molecule has 0 atom stereocenters. The lowest BCUT2D eigenvalue weighted by atomic mass is 10.1. The number of pyridine rings is 1. The summed E-state index contributed by atoms with van der Waals surface area (Å²) in [5, 5.41) is 4.10. The van der Waals surface area contributed by atoms with E-state index in [2.05, 4.69) is 27.2 Å². The summed E-state index contributed by atoms with van der Waals surface area (Å²) in [7, 11) is 0. The van der Waals surface area contributed by atoms with Gasteiger partial charge in [-0.05, 0) is 38.8 Å². The fourth-order valence-electron chi connectivity index (χ4n) is 3.85. The number of halogens is 1. The number of carbonyl (C=O) groups is 1. The topological polar surface area (TPSA) is 87.4 Å². The minimum absolute atomic E-state index is 0.0144. The van der Waals surface area contributed by atoms with Gasteiger partial charge in [0.05, 0.1) is 17.1 Å². The maximum Gasteiger partial charge on any atom is 0.258 e. The average molecular weight is 410 g/mol. The maximum absolute atomic E-state index is 13.4. The monoisotopic (exact) mass is 410 g/mol. The summed E-state index contributed by atoms with van der Waals surface area (Å²) in [5.41, 5.74) is 0.957. The van der Waals surface area contributed by atoms with Crippen LogP contribution in [0.4, 0.5) is 16.0 Å². The van der Waals surface area contributed by atoms with Crippen LogP contribution >= 0.6 is 0 Å². The second kappa shape index (κ2) is 6.93. The predicted octanol–water partition coefficient (Wildman–Crippen LogP) is 2.99. The Morgan fingerprint density at radius 2 is 1.93 bits per heavy atom. The summed E-state index contributed by atoms with van der Waals surface area (Å²) >= 11 is 0. The minimum atomic E-state index is -0.360. The Labute approximate surface area is 173 Å². The van der Waals surface area contributed by atoms with Gasteiger partial charge < -0.3 is 19.5 Å². The molecule has 1 saturated carbocycles. The highest BCUT2D eigenvalue weighted by Gasteiger charge is 2.39. The number of aryl methyl sites for hydroxylation is 1. The third-order valence-electron chi connectivity index (χ3n) is 5.90. The largest absolute Gasteiger partial charge is 0.442 e. The van der Waals surface area contributed by atoms with E-state index < -0.39 is 0 Å². The van der Waals surface area contributed by atoms with Crippen LogP contribution in [0.15, 0.2) is 29.1 Å². The van der Waals surface area contributed by atoms with Gasteiger partial charge in [-0.1, -0.05) is 0 Å². The van der Waals surface area contributed by atoms with Crippen LogP contribution in [0.2, 0.25) is 0 Å². The van der Waals surface area contributed by atoms with Crippen LogP contribution in [-0.4, -0.2) is 57.5 Å². The Balaban J connectivity index is 1.39. The quantitative estimate of drug-likeness (QED) is 0.707. The van der Waals surface area contributed by atoms with Gasteiger partial charge in [0, 0.05) is 31.7 Å². The van der Waals surface area contributed by atoms with Crippen LogP contribution in [-0.2, 0) is 0 Å². The Hall–Kier alpha value is -3.23. The van der Waals surface area contributed by atoms with Crippen LogP contribution in [0.5, 0.6) is 0 Å². The Bertz CT molecular complexity index is 1100. The van der Waals surface area contributed by atoms with E-state index in [0.29, 0.717) is 60.2 Å². The molecule has 1 N–H and O–H groups in total. The van der Waals surface area contributed by atoms with E-state index in [1.807, 2.05) is 9.80 Å². The normalized spacial score (nSPS) is 18.0. The highest BCUT2D eigenvalue weighted by atomic mass is 19.1. The van der Waals surface area contributed by atoms with E-state index in [9.17, 15) is 9.18 Å². The van der Waals surface area contributed by atoms with E-state index in [1.54, 1.807) is 13.0 Å². The zero-order valence-corrected chi connectivity index (χ0v) is 17.0. The van der Waals surface area contributed by atoms with E-state index >= 15 is 0 Å². The molecule has 9 heteroatoms. The zero-order valence-electron chi connectivity index (χ0n) is 17.0. The Kier molecular flexibility index (Phi) is 4.34. The number of furan rings is 1. The zero-order chi connectivity index (χ0) is 20.9. The molecule has 0 aromatic carbocycles. The average Bonchev–Trinajstić information content (AvgIpc) is 3.36. The first-order chi connectivity index (χ1) is 14.4. The summed E-state index contributed by atoms with van der Waals surface area (Å²) in [6, 6.07) is 3.06. The van der Waals surface area contributed by atoms with Gasteiger partial charge >= 0.3 is 0 Å². The summed E-state index contributed by atoms with van der Waals surface area (Å²) in [6.07, 6.45) is 4.81. The van der Waals surface area contributed by atoms with Crippen molar-refractivity contribution < 1.29 is 13.6 Å². The number of nitrogens with one attached hydrogen (secondary N) is 1. The molecule has 3 aromatic rings. The molecule has 2 aliphatic rings. The van der Waals surface area contributed by atoms with Crippen LogP contribution < -0.4 is 10.2 Å². The number of hydrogen-bond acceptors (Lipinski definition) is 7. The van der Waals surface area contributed by atoms with Gasteiger partial charge in [0.1, 0.15) is 29.5 Å². The van der Waals surface area contributed by atoms with E-state index in [0.717, 1.165) is 12.8 Å². The van der Waals surface area contributed by atoms with Gasteiger partial charge in [-0.25, -0.2) is 19.3 Å². The van der Waals surface area contributed by atoms with E-state index in [1.165, 1.54) is 18.6 Å². The minimum Gasteiger partial charge on any atom is -0.442 e. The molecule has 2 fully saturated rings. The number of nitrogens with zero attached hydrogens (tertiary/aromatic N) is 5. The molecule has 4 heterocycles. The first-order valence-corrected chi connectivity index (χ1v) is 10.1. The molecule has 5 rings (SSSR count). The molecule has 1 aliphatic heterocycles. The highest BCUT2D eigenvalue weighted by molar-refractivity contribution is 6.10. The van der Waals surface area contributed by atoms with Gasteiger partial charge in [-0.3, -0.25) is 4.79 Å². The first kappa shape index (κ1) is 18.8. The van der Waals surface area contributed by atoms with Crippen LogP contribution in [0.25, 0.3) is 11.1 Å². The number of anilines is 2. The molecule has 156 valence electrons. The molecule has 1 aliphatic carbocycles. The van der Waals surface area contributed by atoms with Crippen molar-refractivity contribution >= 4 is 28.6 Å². The van der Waals surface area contributed by atoms with Crippen LogP contribution in [0.1, 0.15) is 35.9 Å². The number of piperazine rings is 1. The smallest absolute Gasteiger partial charge is 0.258 e. The molecule has 0 bridgehead atoms. The van der Waals surface area contributed by atoms with Gasteiger partial charge in [0.25, 0.3) is 5.91 Å². The molecule has 1 amide bonds. The van der Waals surface area contributed by atoms with Crippen molar-refractivity contribution in [2.45, 2.75) is 32.2 Å². The summed E-state index contributed by atoms with van der Waals surface area (Å²) in [5.74, 6) is 1.46. The second-order valence-corrected chi connectivity index (χ2v) is 8.24. The Morgan fingerprint density at radius 1 is 1.17 bits per heavy atom. The van der Waals surface area contributed by atoms with Crippen LogP contribution in [0, 0.1) is 12.7 Å². The van der Waals surface area contributed by atoms with Crippen molar-refractivity contribution in [1.82, 2.24) is 19.9 Å². The van der Waals surface area contributed by atoms with Crippen molar-refractivity contribution in [2.24, 2.45) is 0 Å². The summed E-state index contributed by atoms with van der Waals surface area (Å²) in [4.78, 5) is 30.0.